The predicted molar refractivity (Wildman–Crippen MR) is 98.7 cm³/mol. The van der Waals surface area contributed by atoms with Crippen LogP contribution in [0, 0.1) is 0 Å². The molecular weight excluding hydrogens is 283 g/mol. The molecular formula is C19H38LiO3. The number of hydrogen-bond donors (Lipinski definition) is 1. The third-order valence-electron chi connectivity index (χ3n) is 4.29. The summed E-state index contributed by atoms with van der Waals surface area (Å²) in [5.74, 6) is -0.0896. The Morgan fingerprint density at radius 2 is 1.26 bits per heavy atom. The van der Waals surface area contributed by atoms with Gasteiger partial charge in [-0.3, -0.25) is 4.79 Å². The molecule has 133 valence electrons. The Labute approximate surface area is 156 Å². The fourth-order valence-corrected chi connectivity index (χ4v) is 2.76. The first-order valence-electron chi connectivity index (χ1n) is 9.45. The smallest absolute Gasteiger partial charge is 0.305 e. The van der Waals surface area contributed by atoms with Crippen molar-refractivity contribution in [3.05, 3.63) is 0 Å². The average Bonchev–Trinajstić information content (AvgIpc) is 2.53. The van der Waals surface area contributed by atoms with Crippen LogP contribution in [-0.2, 0) is 9.53 Å². The Balaban J connectivity index is 0. The second-order valence-electron chi connectivity index (χ2n) is 6.45. The van der Waals surface area contributed by atoms with Crippen LogP contribution in [0.3, 0.4) is 0 Å². The van der Waals surface area contributed by atoms with Crippen molar-refractivity contribution in [2.24, 2.45) is 0 Å². The minimum Gasteiger partial charge on any atom is -0.469 e. The number of carbonyl (C=O) groups is 1. The minimum atomic E-state index is -0.0896. The van der Waals surface area contributed by atoms with Gasteiger partial charge in [-0.15, -0.1) is 0 Å². The molecule has 3 nitrogen and oxygen atoms in total. The maximum Gasteiger partial charge on any atom is 0.305 e. The van der Waals surface area contributed by atoms with Gasteiger partial charge >= 0.3 is 5.97 Å². The minimum absolute atomic E-state index is 0. The summed E-state index contributed by atoms with van der Waals surface area (Å²) in [4.78, 5) is 10.9. The molecule has 1 unspecified atom stereocenters. The first-order chi connectivity index (χ1) is 10.7. The molecule has 0 heterocycles. The van der Waals surface area contributed by atoms with Gasteiger partial charge in [-0.1, -0.05) is 77.6 Å². The second kappa shape index (κ2) is 20.1. The van der Waals surface area contributed by atoms with Crippen molar-refractivity contribution in [2.75, 3.05) is 7.11 Å². The largest absolute Gasteiger partial charge is 0.469 e. The Bertz CT molecular complexity index is 247. The van der Waals surface area contributed by atoms with E-state index in [9.17, 15) is 9.90 Å². The molecule has 0 fully saturated rings. The molecule has 0 aromatic heterocycles. The third kappa shape index (κ3) is 20.0. The summed E-state index contributed by atoms with van der Waals surface area (Å²) in [5.41, 5.74) is 0. The fraction of sp³-hybridized carbons (Fsp3) is 0.947. The fourth-order valence-electron chi connectivity index (χ4n) is 2.76. The van der Waals surface area contributed by atoms with Gasteiger partial charge in [0.25, 0.3) is 0 Å². The Hall–Kier alpha value is 0.0274. The number of rotatable bonds is 16. The normalized spacial score (nSPS) is 11.8. The van der Waals surface area contributed by atoms with E-state index in [1.165, 1.54) is 64.9 Å². The van der Waals surface area contributed by atoms with Crippen molar-refractivity contribution < 1.29 is 14.6 Å². The molecule has 0 aliphatic heterocycles. The Morgan fingerprint density at radius 3 is 1.74 bits per heavy atom. The number of unbranched alkanes of at least 4 members (excludes halogenated alkanes) is 10. The van der Waals surface area contributed by atoms with Gasteiger partial charge in [0.05, 0.1) is 13.2 Å². The third-order valence-corrected chi connectivity index (χ3v) is 4.29. The molecule has 0 aromatic rings. The van der Waals surface area contributed by atoms with Gasteiger partial charge in [-0.2, -0.15) is 0 Å². The van der Waals surface area contributed by atoms with Crippen LogP contribution in [-0.4, -0.2) is 43.2 Å². The topological polar surface area (TPSA) is 46.5 Å². The van der Waals surface area contributed by atoms with E-state index in [-0.39, 0.29) is 30.9 Å². The zero-order valence-corrected chi connectivity index (χ0v) is 15.9. The number of hydrogen-bond acceptors (Lipinski definition) is 3. The SMILES string of the molecule is CCCCCCC(O)CCCCCCCCCCC(=O)OC.[Li]. The summed E-state index contributed by atoms with van der Waals surface area (Å²) in [7, 11) is 1.45. The van der Waals surface area contributed by atoms with Crippen molar-refractivity contribution in [3.8, 4) is 0 Å². The molecule has 1 radical (unpaired) electrons. The van der Waals surface area contributed by atoms with Gasteiger partial charge in [0.15, 0.2) is 0 Å². The van der Waals surface area contributed by atoms with E-state index < -0.39 is 0 Å². The zero-order chi connectivity index (χ0) is 16.5. The summed E-state index contributed by atoms with van der Waals surface area (Å²) in [6.07, 6.45) is 17.0. The van der Waals surface area contributed by atoms with Gasteiger partial charge in [-0.05, 0) is 19.3 Å². The number of aliphatic hydroxyl groups is 1. The van der Waals surface area contributed by atoms with Gasteiger partial charge in [-0.25, -0.2) is 0 Å². The zero-order valence-electron chi connectivity index (χ0n) is 15.9. The van der Waals surface area contributed by atoms with Crippen LogP contribution in [0.4, 0.5) is 0 Å². The van der Waals surface area contributed by atoms with E-state index in [1.54, 1.807) is 0 Å². The number of carbonyl (C=O) groups excluding carboxylic acids is 1. The molecule has 0 aromatic carbocycles. The number of aliphatic hydroxyl groups excluding tert-OH is 1. The summed E-state index contributed by atoms with van der Waals surface area (Å²) in [6, 6.07) is 0. The van der Waals surface area contributed by atoms with Gasteiger partial charge in [0.2, 0.25) is 0 Å². The molecule has 0 aliphatic carbocycles. The molecule has 1 atom stereocenters. The average molecular weight is 321 g/mol. The first kappa shape index (κ1) is 25.3. The number of methoxy groups -OCH3 is 1. The van der Waals surface area contributed by atoms with Crippen molar-refractivity contribution in [1.82, 2.24) is 0 Å². The number of ether oxygens (including phenoxy) is 1. The Morgan fingerprint density at radius 1 is 0.826 bits per heavy atom. The summed E-state index contributed by atoms with van der Waals surface area (Å²) < 4.78 is 4.62. The molecule has 0 spiro atoms. The van der Waals surface area contributed by atoms with Gasteiger partial charge in [0.1, 0.15) is 0 Å². The van der Waals surface area contributed by atoms with E-state index in [1.807, 2.05) is 0 Å². The van der Waals surface area contributed by atoms with E-state index >= 15 is 0 Å². The van der Waals surface area contributed by atoms with Gasteiger partial charge in [0, 0.05) is 25.3 Å². The quantitative estimate of drug-likeness (QED) is 0.247. The van der Waals surface area contributed by atoms with Crippen LogP contribution in [0.2, 0.25) is 0 Å². The molecule has 0 aliphatic rings. The van der Waals surface area contributed by atoms with E-state index in [0.717, 1.165) is 32.1 Å². The predicted octanol–water partition coefficient (Wildman–Crippen LogP) is 5.01. The summed E-state index contributed by atoms with van der Waals surface area (Å²) in [6.45, 7) is 2.22. The van der Waals surface area contributed by atoms with E-state index in [4.69, 9.17) is 0 Å². The molecule has 1 N–H and O–H groups in total. The summed E-state index contributed by atoms with van der Waals surface area (Å²) in [5, 5.41) is 9.88. The van der Waals surface area contributed by atoms with Crippen molar-refractivity contribution in [3.63, 3.8) is 0 Å². The van der Waals surface area contributed by atoms with E-state index in [0.29, 0.717) is 6.42 Å². The van der Waals surface area contributed by atoms with Crippen LogP contribution >= 0.6 is 0 Å². The van der Waals surface area contributed by atoms with Crippen LogP contribution in [0.25, 0.3) is 0 Å². The summed E-state index contributed by atoms with van der Waals surface area (Å²) >= 11 is 0. The molecule has 0 saturated heterocycles. The molecule has 0 saturated carbocycles. The monoisotopic (exact) mass is 321 g/mol. The maximum atomic E-state index is 10.9. The van der Waals surface area contributed by atoms with Crippen LogP contribution in [0.1, 0.15) is 103 Å². The van der Waals surface area contributed by atoms with Crippen LogP contribution in [0.15, 0.2) is 0 Å². The molecule has 23 heavy (non-hydrogen) atoms. The van der Waals surface area contributed by atoms with Crippen molar-refractivity contribution in [2.45, 2.75) is 109 Å². The maximum absolute atomic E-state index is 10.9. The second-order valence-corrected chi connectivity index (χ2v) is 6.45. The first-order valence-corrected chi connectivity index (χ1v) is 9.45. The van der Waals surface area contributed by atoms with Crippen LogP contribution < -0.4 is 0 Å². The van der Waals surface area contributed by atoms with Crippen molar-refractivity contribution >= 4 is 24.8 Å². The van der Waals surface area contributed by atoms with Gasteiger partial charge < -0.3 is 9.84 Å². The molecule has 0 rings (SSSR count). The Kier molecular flexibility index (Phi) is 22.1. The van der Waals surface area contributed by atoms with Crippen LogP contribution in [0.5, 0.6) is 0 Å². The molecule has 0 amide bonds. The van der Waals surface area contributed by atoms with E-state index in [2.05, 4.69) is 11.7 Å². The van der Waals surface area contributed by atoms with Crippen molar-refractivity contribution in [1.29, 1.82) is 0 Å². The standard InChI is InChI=1S/C19H38O3.Li/c1-3-4-5-12-15-18(20)16-13-10-8-6-7-9-11-14-17-19(21)22-2;/h18,20H,3-17H2,1-2H3;. The number of esters is 1. The molecule has 4 heteroatoms. The molecule has 0 bridgehead atoms.